The molecule has 3 heteroatoms. The fraction of sp³-hybridized carbons (Fsp3) is 0.708. The van der Waals surface area contributed by atoms with Crippen LogP contribution in [0.25, 0.3) is 6.08 Å². The van der Waals surface area contributed by atoms with E-state index in [1.165, 1.54) is 30.6 Å². The maximum absolute atomic E-state index is 13.4. The summed E-state index contributed by atoms with van der Waals surface area (Å²) in [7, 11) is 0. The first-order valence-electron chi connectivity index (χ1n) is 10.9. The Kier molecular flexibility index (Phi) is 4.22. The van der Waals surface area contributed by atoms with Gasteiger partial charge in [-0.3, -0.25) is 4.79 Å². The maximum Gasteiger partial charge on any atom is 0.165 e. The van der Waals surface area contributed by atoms with Gasteiger partial charge in [-0.15, -0.1) is 11.3 Å². The molecule has 0 amide bonds. The van der Waals surface area contributed by atoms with E-state index in [9.17, 15) is 9.90 Å². The van der Waals surface area contributed by atoms with E-state index in [1.54, 1.807) is 11.3 Å². The van der Waals surface area contributed by atoms with Gasteiger partial charge in [-0.1, -0.05) is 19.9 Å². The Labute approximate surface area is 167 Å². The Balaban J connectivity index is 1.46. The zero-order valence-corrected chi connectivity index (χ0v) is 17.4. The first kappa shape index (κ1) is 18.1. The SMILES string of the molecule is C[C@]12CC[C@H](O)C[C@@H]1CC[C@H]1[C@H]2CC[C@]2(C)C(=O)/C(=C/c3cccs3)C[C@H]12. The summed E-state index contributed by atoms with van der Waals surface area (Å²) in [6.45, 7) is 4.78. The number of Topliss-reactive ketones (excluding diaryl/α,β-unsaturated/α-hetero) is 1. The maximum atomic E-state index is 13.4. The molecule has 0 aliphatic heterocycles. The van der Waals surface area contributed by atoms with E-state index in [-0.39, 0.29) is 11.5 Å². The molecule has 5 rings (SSSR count). The molecule has 4 saturated carbocycles. The van der Waals surface area contributed by atoms with Crippen molar-refractivity contribution in [1.82, 2.24) is 0 Å². The molecule has 4 fully saturated rings. The number of fused-ring (bicyclic) bond motifs is 5. The average Bonchev–Trinajstić information content (AvgIpc) is 3.24. The number of hydrogen-bond acceptors (Lipinski definition) is 3. The summed E-state index contributed by atoms with van der Waals surface area (Å²) in [5.41, 5.74) is 1.32. The third-order valence-corrected chi connectivity index (χ3v) is 9.96. The molecule has 1 heterocycles. The van der Waals surface area contributed by atoms with E-state index in [4.69, 9.17) is 0 Å². The standard InChI is InChI=1S/C24H32O2S/c1-23-9-7-17(25)14-16(23)5-6-19-20(23)8-10-24(2)21(19)13-15(22(24)26)12-18-4-3-11-27-18/h3-4,11-12,16-17,19-21,25H,5-10,13-14H2,1-2H3/b15-12+/t16-,17-,19-,20+,21+,23-,24-/m0/s1. The minimum absolute atomic E-state index is 0.0816. The van der Waals surface area contributed by atoms with E-state index < -0.39 is 0 Å². The van der Waals surface area contributed by atoms with Crippen molar-refractivity contribution in [3.05, 3.63) is 28.0 Å². The normalized spacial score (nSPS) is 48.2. The Morgan fingerprint density at radius 2 is 2.00 bits per heavy atom. The van der Waals surface area contributed by atoms with Crippen LogP contribution in [0.3, 0.4) is 0 Å². The summed E-state index contributed by atoms with van der Waals surface area (Å²) >= 11 is 1.73. The largest absolute Gasteiger partial charge is 0.393 e. The van der Waals surface area contributed by atoms with Crippen LogP contribution in [0.15, 0.2) is 23.1 Å². The van der Waals surface area contributed by atoms with Crippen molar-refractivity contribution in [3.8, 4) is 0 Å². The molecule has 1 N–H and O–H groups in total. The molecule has 146 valence electrons. The van der Waals surface area contributed by atoms with Gasteiger partial charge in [0.15, 0.2) is 5.78 Å². The van der Waals surface area contributed by atoms with Gasteiger partial charge in [0, 0.05) is 10.3 Å². The van der Waals surface area contributed by atoms with Crippen LogP contribution in [-0.4, -0.2) is 17.0 Å². The molecule has 7 atom stereocenters. The van der Waals surface area contributed by atoms with Crippen molar-refractivity contribution < 1.29 is 9.90 Å². The lowest BCUT2D eigenvalue weighted by Gasteiger charge is -2.59. The number of aliphatic hydroxyl groups is 1. The summed E-state index contributed by atoms with van der Waals surface area (Å²) < 4.78 is 0. The highest BCUT2D eigenvalue weighted by Gasteiger charge is 2.61. The van der Waals surface area contributed by atoms with Crippen LogP contribution in [0.4, 0.5) is 0 Å². The topological polar surface area (TPSA) is 37.3 Å². The third-order valence-electron chi connectivity index (χ3n) is 9.14. The van der Waals surface area contributed by atoms with Gasteiger partial charge >= 0.3 is 0 Å². The molecule has 0 bridgehead atoms. The molecule has 0 spiro atoms. The number of aliphatic hydroxyl groups excluding tert-OH is 1. The minimum atomic E-state index is -0.137. The van der Waals surface area contributed by atoms with Crippen LogP contribution in [0.2, 0.25) is 0 Å². The van der Waals surface area contributed by atoms with Crippen LogP contribution >= 0.6 is 11.3 Å². The summed E-state index contributed by atoms with van der Waals surface area (Å²) in [5, 5.41) is 12.3. The lowest BCUT2D eigenvalue weighted by Crippen LogP contribution is -2.54. The van der Waals surface area contributed by atoms with Gasteiger partial charge in [-0.25, -0.2) is 0 Å². The number of allylic oxidation sites excluding steroid dienone is 1. The second kappa shape index (κ2) is 6.29. The molecule has 4 aliphatic carbocycles. The van der Waals surface area contributed by atoms with Crippen molar-refractivity contribution in [2.75, 3.05) is 0 Å². The number of rotatable bonds is 1. The summed E-state index contributed by atoms with van der Waals surface area (Å²) in [4.78, 5) is 14.6. The highest BCUT2D eigenvalue weighted by molar-refractivity contribution is 7.10. The predicted molar refractivity (Wildman–Crippen MR) is 110 cm³/mol. The van der Waals surface area contributed by atoms with E-state index in [0.29, 0.717) is 29.0 Å². The highest BCUT2D eigenvalue weighted by Crippen LogP contribution is 2.66. The van der Waals surface area contributed by atoms with Gasteiger partial charge in [-0.05, 0) is 104 Å². The fourth-order valence-corrected chi connectivity index (χ4v) is 8.26. The number of ketones is 1. The lowest BCUT2D eigenvalue weighted by atomic mass is 9.45. The minimum Gasteiger partial charge on any atom is -0.393 e. The van der Waals surface area contributed by atoms with Gasteiger partial charge in [0.2, 0.25) is 0 Å². The van der Waals surface area contributed by atoms with Crippen LogP contribution in [-0.2, 0) is 4.79 Å². The van der Waals surface area contributed by atoms with Crippen LogP contribution < -0.4 is 0 Å². The zero-order chi connectivity index (χ0) is 18.8. The van der Waals surface area contributed by atoms with Crippen molar-refractivity contribution in [2.45, 2.75) is 71.3 Å². The molecule has 1 aromatic rings. The van der Waals surface area contributed by atoms with Crippen molar-refractivity contribution in [2.24, 2.45) is 34.5 Å². The van der Waals surface area contributed by atoms with Crippen LogP contribution in [0.5, 0.6) is 0 Å². The summed E-state index contributed by atoms with van der Waals surface area (Å²) in [6, 6.07) is 4.19. The number of thiophene rings is 1. The van der Waals surface area contributed by atoms with E-state index in [1.807, 2.05) is 0 Å². The van der Waals surface area contributed by atoms with Gasteiger partial charge in [0.1, 0.15) is 0 Å². The van der Waals surface area contributed by atoms with Crippen LogP contribution in [0.1, 0.15) is 70.1 Å². The summed E-state index contributed by atoms with van der Waals surface area (Å²) in [6.07, 6.45) is 11.0. The molecule has 0 saturated heterocycles. The molecule has 2 nitrogen and oxygen atoms in total. The Hall–Kier alpha value is -0.930. The molecule has 0 unspecified atom stereocenters. The average molecular weight is 385 g/mol. The first-order chi connectivity index (χ1) is 12.9. The Morgan fingerprint density at radius 3 is 2.78 bits per heavy atom. The molecule has 27 heavy (non-hydrogen) atoms. The van der Waals surface area contributed by atoms with Gasteiger partial charge < -0.3 is 5.11 Å². The molecule has 0 radical (unpaired) electrons. The fourth-order valence-electron chi connectivity index (χ4n) is 7.58. The Morgan fingerprint density at radius 1 is 1.15 bits per heavy atom. The highest BCUT2D eigenvalue weighted by atomic mass is 32.1. The van der Waals surface area contributed by atoms with E-state index in [0.717, 1.165) is 37.2 Å². The third kappa shape index (κ3) is 2.64. The zero-order valence-electron chi connectivity index (χ0n) is 16.6. The van der Waals surface area contributed by atoms with Crippen molar-refractivity contribution in [3.63, 3.8) is 0 Å². The molecular weight excluding hydrogens is 352 g/mol. The molecular formula is C24H32O2S. The molecule has 1 aromatic heterocycles. The lowest BCUT2D eigenvalue weighted by molar-refractivity contribution is -0.141. The molecule has 4 aliphatic rings. The van der Waals surface area contributed by atoms with Gasteiger partial charge in [0.25, 0.3) is 0 Å². The Bertz CT molecular complexity index is 765. The smallest absolute Gasteiger partial charge is 0.165 e. The van der Waals surface area contributed by atoms with Crippen molar-refractivity contribution >= 4 is 23.2 Å². The number of carbonyl (C=O) groups is 1. The predicted octanol–water partition coefficient (Wildman–Crippen LogP) is 5.71. The number of hydrogen-bond donors (Lipinski definition) is 1. The second-order valence-electron chi connectivity index (χ2n) is 10.3. The van der Waals surface area contributed by atoms with Crippen LogP contribution in [0, 0.1) is 34.5 Å². The van der Waals surface area contributed by atoms with E-state index >= 15 is 0 Å². The summed E-state index contributed by atoms with van der Waals surface area (Å²) in [5.74, 6) is 3.09. The first-order valence-corrected chi connectivity index (χ1v) is 11.8. The number of carbonyl (C=O) groups excluding carboxylic acids is 1. The quantitative estimate of drug-likeness (QED) is 0.629. The van der Waals surface area contributed by atoms with Gasteiger partial charge in [-0.2, -0.15) is 0 Å². The molecule has 0 aromatic carbocycles. The second-order valence-corrected chi connectivity index (χ2v) is 11.2. The monoisotopic (exact) mass is 384 g/mol. The van der Waals surface area contributed by atoms with E-state index in [2.05, 4.69) is 37.4 Å². The van der Waals surface area contributed by atoms with Gasteiger partial charge in [0.05, 0.1) is 6.10 Å². The van der Waals surface area contributed by atoms with Crippen molar-refractivity contribution in [1.29, 1.82) is 0 Å².